The van der Waals surface area contributed by atoms with Gasteiger partial charge in [0.25, 0.3) is 0 Å². The minimum absolute atomic E-state index is 0. The number of aryl methyl sites for hydroxylation is 5. The average Bonchev–Trinajstić information content (AvgIpc) is 1.66. The number of nitrogen functional groups attached to an aromatic ring is 1. The number of rotatable bonds is 40. The molecule has 0 aliphatic carbocycles. The second kappa shape index (κ2) is 72.2. The van der Waals surface area contributed by atoms with Crippen molar-refractivity contribution in [2.45, 2.75) is 240 Å². The molecule has 149 heavy (non-hydrogen) atoms. The van der Waals surface area contributed by atoms with Crippen molar-refractivity contribution in [2.75, 3.05) is 37.5 Å². The maximum Gasteiger partial charge on any atom is 1.00 e. The van der Waals surface area contributed by atoms with E-state index in [-0.39, 0.29) is 132 Å². The molecule has 3 aliphatic rings. The van der Waals surface area contributed by atoms with Gasteiger partial charge in [-0.05, 0) is 205 Å². The van der Waals surface area contributed by atoms with Crippen molar-refractivity contribution < 1.29 is 116 Å². The molecule has 59 heteroatoms. The monoisotopic (exact) mass is 2350 g/mol. The van der Waals surface area contributed by atoms with Crippen LogP contribution in [-0.2, 0) is 78.5 Å². The molecule has 0 saturated heterocycles. The van der Waals surface area contributed by atoms with Gasteiger partial charge in [-0.15, -0.1) is 44.0 Å². The van der Waals surface area contributed by atoms with E-state index in [2.05, 4.69) is 202 Å². The van der Waals surface area contributed by atoms with Gasteiger partial charge in [-0.25, -0.2) is 0 Å². The number of allylic oxidation sites excluding steroid dienone is 5. The van der Waals surface area contributed by atoms with Crippen LogP contribution in [0.3, 0.4) is 0 Å². The van der Waals surface area contributed by atoms with Crippen LogP contribution in [0.4, 0.5) is 58.2 Å². The van der Waals surface area contributed by atoms with E-state index in [0.29, 0.717) is 65.3 Å². The summed E-state index contributed by atoms with van der Waals surface area (Å²) in [5, 5.41) is 137. The molecule has 10 aromatic rings. The number of aromatic amines is 2. The van der Waals surface area contributed by atoms with Gasteiger partial charge in [-0.3, -0.25) is 4.68 Å². The number of anilines is 1. The van der Waals surface area contributed by atoms with Gasteiger partial charge in [-0.1, -0.05) is 168 Å². The molecular weight excluding hydrogens is 2210 g/mol. The molecule has 0 amide bonds. The van der Waals surface area contributed by atoms with Crippen molar-refractivity contribution in [1.82, 2.24) is 98.6 Å². The van der Waals surface area contributed by atoms with Gasteiger partial charge in [0.05, 0.1) is 151 Å². The summed E-state index contributed by atoms with van der Waals surface area (Å²) in [6, 6.07) is 18.8. The number of hydrogen-bond acceptors (Lipinski definition) is 33. The first-order valence-corrected chi connectivity index (χ1v) is 63.7. The van der Waals surface area contributed by atoms with Gasteiger partial charge < -0.3 is 117 Å². The SMILES string of the molecule is C=CC.C=CCCCBr.C=CCCCn1nc([N+](=O)[O-])cc1C=C.C=Cc1cc([N+](=O)[O-])[nH]n1.C=Cc1cc([N+](=O)[O-])nn1COCC[Si](C)(C)C.C=Cc1cc([N+](=O)[O-])nn1COCC[Si](C)(C)C.C[Si](C)(C)CCOCn1ccc([N+](=O)[O-])n1.C[Si](C)(C)CCOCn1nc([N+](=O)[O-])cc1I.Nc1cc2n(n1)CCCCC2.O=[N+]([O-])c1cc2n(n1)CCCC=C2.O=[N+]([O-])c1cc2n(n1)CCCC=C2.O=[N+]([O-])c1ccn[nH]1.[H-].[K+]. The van der Waals surface area contributed by atoms with Crippen molar-refractivity contribution >= 4 is 165 Å². The average molecular weight is 2350 g/mol. The Balaban J connectivity index is 0.00000164. The van der Waals surface area contributed by atoms with Crippen LogP contribution in [0, 0.1) is 94.7 Å². The summed E-state index contributed by atoms with van der Waals surface area (Å²) in [7, 11) is -4.38. The third kappa shape index (κ3) is 57.9. The quantitative estimate of drug-likeness (QED) is 0.00610. The third-order valence-corrected chi connectivity index (χ3v) is 27.6. The number of halogens is 2. The standard InChI is InChI=1S/2C11H19N3O3Si.C10H13N3O2.C9H16IN3O3Si.C9H17N3O3Si.2C8H9N3O2.C8H13N3.C5H9Br.C5H5N3O2.C3H3N3O2.C3H6.K.H/c2*1-5-10-8-11(14(15)16)12-13(10)9-17-6-7-18(2,3)4;1-3-5-6-7-12-9(4-2)8-10(11-12)13(14)15;1-17(2,3)5-4-16-7-12-8(10)6-9(11-12)13(14)15;1-16(2,3)7-6-15-8-11-5-4-9(10-11)12(13)14;2*12-11(13)8-6-7-4-2-1-3-5-10(7)9-8;9-8-6-7-4-2-1-3-5-11(7)10-8;1-2-3-4-5-6;1-2-4-3-5(7-6-4)8(9)10;7-6(8)3-1-2-4-5-3;1-3-2;;/h2*5,8H,1,6-7,9H2,2-4H3;3-4,8H,1-2,5-7H2;6H,4-5,7H2,1-3H3;4-5H,6-8H2,1-3H3;2*2,4,6H,1,3,5H2;6H,1-5H2,(H2,9,10);2H,1,3-5H2;2-3H,1H2,(H,6,7);1-2H,(H,4,5);3H,1H2,2H3;;/q;;;;;;;;;;;;+1;-1. The molecule has 0 spiro atoms. The fourth-order valence-corrected chi connectivity index (χ4v) is 15.3. The summed E-state index contributed by atoms with van der Waals surface area (Å²) in [4.78, 5) is 88.7. The van der Waals surface area contributed by atoms with Crippen LogP contribution in [0.1, 0.15) is 119 Å². The first-order chi connectivity index (χ1) is 69.8. The smallest absolute Gasteiger partial charge is 1.00 e. The van der Waals surface area contributed by atoms with E-state index in [0.717, 1.165) is 112 Å². The molecule has 0 fully saturated rings. The number of nitrogens with two attached hydrogens (primary N) is 1. The van der Waals surface area contributed by atoms with Crippen molar-refractivity contribution in [2.24, 2.45) is 0 Å². The Morgan fingerprint density at radius 3 is 1.18 bits per heavy atom. The number of unbranched alkanes of at least 4 members (excludes halogenated alkanes) is 2. The van der Waals surface area contributed by atoms with Gasteiger partial charge in [0.2, 0.25) is 0 Å². The molecule has 0 aromatic carbocycles. The van der Waals surface area contributed by atoms with Gasteiger partial charge in [0.15, 0.2) is 26.9 Å². The van der Waals surface area contributed by atoms with Crippen LogP contribution < -0.4 is 57.1 Å². The summed E-state index contributed by atoms with van der Waals surface area (Å²) in [6.45, 7) is 60.8. The van der Waals surface area contributed by atoms with Gasteiger partial charge in [0.1, 0.15) is 15.2 Å². The summed E-state index contributed by atoms with van der Waals surface area (Å²) in [5.74, 6) is -0.442. The minimum Gasteiger partial charge on any atom is -1.00 e. The van der Waals surface area contributed by atoms with E-state index >= 15 is 0 Å². The normalized spacial score (nSPS) is 11.8. The predicted molar refractivity (Wildman–Crippen MR) is 593 cm³/mol. The first kappa shape index (κ1) is 135. The molecule has 812 valence electrons. The summed E-state index contributed by atoms with van der Waals surface area (Å²) in [5.41, 5.74) is 10.9. The number of fused-ring (bicyclic) bond motifs is 3. The number of aromatic nitrogens is 20. The minimum atomic E-state index is -1.11. The number of nitro groups is 9. The summed E-state index contributed by atoms with van der Waals surface area (Å²) < 4.78 is 35.4. The molecule has 0 saturated carbocycles. The Morgan fingerprint density at radius 2 is 0.832 bits per heavy atom. The molecule has 0 radical (unpaired) electrons. The zero-order valence-electron chi connectivity index (χ0n) is 88.1. The van der Waals surface area contributed by atoms with Crippen molar-refractivity contribution in [3.63, 3.8) is 0 Å². The largest absolute Gasteiger partial charge is 1.00 e. The van der Waals surface area contributed by atoms with Gasteiger partial charge in [-0.2, -0.15) is 23.8 Å². The maximum atomic E-state index is 10.6. The molecule has 4 N–H and O–H groups in total. The van der Waals surface area contributed by atoms with E-state index in [9.17, 15) is 91.0 Å². The summed E-state index contributed by atoms with van der Waals surface area (Å²) in [6.07, 6.45) is 35.3. The topological polar surface area (TPSA) is 651 Å². The molecule has 0 atom stereocenters. The van der Waals surface area contributed by atoms with Crippen LogP contribution in [0.25, 0.3) is 36.5 Å². The number of ether oxygens (including phenoxy) is 4. The van der Waals surface area contributed by atoms with Gasteiger partial charge >= 0.3 is 104 Å². The van der Waals surface area contributed by atoms with Crippen LogP contribution >= 0.6 is 38.5 Å². The zero-order chi connectivity index (χ0) is 111. The number of H-pyrrole nitrogens is 2. The van der Waals surface area contributed by atoms with E-state index in [1.165, 1.54) is 129 Å². The fourth-order valence-electron chi connectivity index (χ4n) is 11.5. The first-order valence-electron chi connectivity index (χ1n) is 46.6. The molecule has 13 heterocycles. The van der Waals surface area contributed by atoms with Crippen molar-refractivity contribution in [1.29, 1.82) is 0 Å². The fraction of sp³-hybridized carbons (Fsp3) is 0.467. The van der Waals surface area contributed by atoms with Gasteiger partial charge in [0, 0.05) is 82.4 Å². The molecule has 3 aliphatic heterocycles. The van der Waals surface area contributed by atoms with Crippen LogP contribution in [-0.4, -0.2) is 207 Å². The molecule has 52 nitrogen and oxygen atoms in total. The Labute approximate surface area is 933 Å². The van der Waals surface area contributed by atoms with E-state index in [4.69, 9.17) is 24.7 Å². The number of nitrogens with one attached hydrogen (secondary N) is 2. The maximum absolute atomic E-state index is 10.6. The Hall–Kier alpha value is -12.3. The van der Waals surface area contributed by atoms with Crippen LogP contribution in [0.15, 0.2) is 149 Å². The molecule has 13 rings (SSSR count). The number of alkyl halides is 1. The van der Waals surface area contributed by atoms with E-state index < -0.39 is 76.6 Å². The van der Waals surface area contributed by atoms with Crippen LogP contribution in [0.2, 0.25) is 103 Å². The molecule has 0 unspecified atom stereocenters. The number of hydrogen-bond donors (Lipinski definition) is 3. The van der Waals surface area contributed by atoms with Crippen molar-refractivity contribution in [3.8, 4) is 0 Å². The Kier molecular flexibility index (Phi) is 65.3. The zero-order valence-corrected chi connectivity index (χ0v) is 98.0. The third-order valence-electron chi connectivity index (χ3n) is 19.4. The van der Waals surface area contributed by atoms with Crippen molar-refractivity contribution in [3.05, 3.63) is 284 Å². The van der Waals surface area contributed by atoms with E-state index in [1.807, 2.05) is 76.7 Å². The Morgan fingerprint density at radius 1 is 0.443 bits per heavy atom. The molecule has 0 bridgehead atoms. The summed E-state index contributed by atoms with van der Waals surface area (Å²) >= 11 is 5.31. The molecule has 10 aromatic heterocycles. The number of nitrogens with zero attached hydrogens (tertiary/aromatic N) is 27. The molecular formula is C90H139BrIKN30O22Si4. The van der Waals surface area contributed by atoms with E-state index in [1.54, 1.807) is 32.4 Å². The Bertz CT molecular complexity index is 5750. The second-order valence-electron chi connectivity index (χ2n) is 36.6. The predicted octanol–water partition coefficient (Wildman–Crippen LogP) is 19.0. The second-order valence-corrected chi connectivity index (χ2v) is 61.0. The van der Waals surface area contributed by atoms with Crippen LogP contribution in [0.5, 0.6) is 0 Å².